The summed E-state index contributed by atoms with van der Waals surface area (Å²) in [6, 6.07) is 11.3. The van der Waals surface area contributed by atoms with Gasteiger partial charge in [0.15, 0.2) is 0 Å². The Morgan fingerprint density at radius 1 is 1.35 bits per heavy atom. The summed E-state index contributed by atoms with van der Waals surface area (Å²) in [6.07, 6.45) is 3.37. The van der Waals surface area contributed by atoms with Crippen LogP contribution in [0.25, 0.3) is 0 Å². The maximum Gasteiger partial charge on any atom is 0.321 e. The predicted octanol–water partition coefficient (Wildman–Crippen LogP) is 3.94. The number of carbonyl (C=O) groups is 1. The fourth-order valence-corrected chi connectivity index (χ4v) is 3.03. The van der Waals surface area contributed by atoms with Gasteiger partial charge in [-0.05, 0) is 37.5 Å². The van der Waals surface area contributed by atoms with E-state index in [0.29, 0.717) is 19.0 Å². The molecule has 1 aliphatic heterocycles. The van der Waals surface area contributed by atoms with Crippen molar-refractivity contribution in [1.82, 2.24) is 9.88 Å². The van der Waals surface area contributed by atoms with E-state index in [1.807, 2.05) is 0 Å². The highest BCUT2D eigenvalue weighted by Gasteiger charge is 2.25. The second kappa shape index (κ2) is 6.77. The van der Waals surface area contributed by atoms with Crippen molar-refractivity contribution in [3.63, 3.8) is 0 Å². The smallest absolute Gasteiger partial charge is 0.321 e. The van der Waals surface area contributed by atoms with E-state index in [1.54, 1.807) is 11.0 Å². The molecule has 0 aliphatic carbocycles. The molecular weight excluding hydrogens is 293 g/mol. The average Bonchev–Trinajstić information content (AvgIpc) is 2.57. The number of pyridine rings is 1. The summed E-state index contributed by atoms with van der Waals surface area (Å²) < 4.78 is 13.6. The van der Waals surface area contributed by atoms with Crippen LogP contribution in [0, 0.1) is 12.9 Å². The number of amides is 2. The van der Waals surface area contributed by atoms with Gasteiger partial charge in [-0.2, -0.15) is 4.39 Å². The molecule has 2 amide bonds. The highest BCUT2D eigenvalue weighted by Crippen LogP contribution is 2.27. The first-order chi connectivity index (χ1) is 11.1. The fourth-order valence-electron chi connectivity index (χ4n) is 3.03. The lowest BCUT2D eigenvalue weighted by atomic mass is 9.90. The molecule has 2 heterocycles. The predicted molar refractivity (Wildman–Crippen MR) is 87.9 cm³/mol. The Balaban J connectivity index is 1.68. The molecule has 5 heteroatoms. The van der Waals surface area contributed by atoms with E-state index >= 15 is 0 Å². The van der Waals surface area contributed by atoms with Gasteiger partial charge in [-0.15, -0.1) is 0 Å². The van der Waals surface area contributed by atoms with E-state index in [0.717, 1.165) is 12.8 Å². The van der Waals surface area contributed by atoms with Gasteiger partial charge in [0, 0.05) is 25.2 Å². The molecule has 1 atom stereocenters. The molecule has 1 aromatic carbocycles. The Morgan fingerprint density at radius 2 is 2.22 bits per heavy atom. The summed E-state index contributed by atoms with van der Waals surface area (Å²) >= 11 is 0. The molecule has 23 heavy (non-hydrogen) atoms. The number of nitrogens with zero attached hydrogens (tertiary/aromatic N) is 2. The number of aromatic nitrogens is 1. The summed E-state index contributed by atoms with van der Waals surface area (Å²) in [4.78, 5) is 17.7. The number of likely N-dealkylation sites (tertiary alicyclic amines) is 1. The van der Waals surface area contributed by atoms with Gasteiger partial charge in [-0.25, -0.2) is 9.78 Å². The van der Waals surface area contributed by atoms with Crippen LogP contribution in [-0.4, -0.2) is 29.0 Å². The number of piperidine rings is 1. The molecule has 3 rings (SSSR count). The fraction of sp³-hybridized carbons (Fsp3) is 0.333. The Labute approximate surface area is 135 Å². The van der Waals surface area contributed by atoms with E-state index in [2.05, 4.69) is 41.5 Å². The Bertz CT molecular complexity index is 704. The minimum absolute atomic E-state index is 0.121. The topological polar surface area (TPSA) is 45.2 Å². The van der Waals surface area contributed by atoms with Crippen molar-refractivity contribution in [3.05, 3.63) is 59.7 Å². The lowest BCUT2D eigenvalue weighted by molar-refractivity contribution is 0.192. The Hall–Kier alpha value is -2.43. The van der Waals surface area contributed by atoms with Crippen molar-refractivity contribution >= 4 is 11.7 Å². The average molecular weight is 313 g/mol. The maximum atomic E-state index is 13.6. The van der Waals surface area contributed by atoms with Crippen LogP contribution in [0.5, 0.6) is 0 Å². The summed E-state index contributed by atoms with van der Waals surface area (Å²) in [5.41, 5.74) is 2.60. The van der Waals surface area contributed by atoms with Gasteiger partial charge >= 0.3 is 6.03 Å². The third-order valence-electron chi connectivity index (χ3n) is 4.22. The van der Waals surface area contributed by atoms with E-state index in [1.165, 1.54) is 23.4 Å². The first-order valence-corrected chi connectivity index (χ1v) is 7.86. The molecule has 0 saturated carbocycles. The van der Waals surface area contributed by atoms with Crippen LogP contribution in [0.3, 0.4) is 0 Å². The van der Waals surface area contributed by atoms with Gasteiger partial charge in [0.2, 0.25) is 5.95 Å². The van der Waals surface area contributed by atoms with Crippen LogP contribution in [0.4, 0.5) is 14.9 Å². The summed E-state index contributed by atoms with van der Waals surface area (Å²) in [6.45, 7) is 3.41. The van der Waals surface area contributed by atoms with Gasteiger partial charge in [0.05, 0.1) is 5.69 Å². The number of nitrogens with one attached hydrogen (secondary N) is 1. The molecule has 1 aromatic heterocycles. The van der Waals surface area contributed by atoms with Crippen molar-refractivity contribution in [3.8, 4) is 0 Å². The van der Waals surface area contributed by atoms with Crippen LogP contribution < -0.4 is 5.32 Å². The lowest BCUT2D eigenvalue weighted by Crippen LogP contribution is -2.41. The Morgan fingerprint density at radius 3 is 3.00 bits per heavy atom. The minimum Gasteiger partial charge on any atom is -0.324 e. The minimum atomic E-state index is -0.659. The number of urea groups is 1. The second-order valence-corrected chi connectivity index (χ2v) is 5.97. The summed E-state index contributed by atoms with van der Waals surface area (Å²) in [7, 11) is 0. The number of anilines is 1. The zero-order chi connectivity index (χ0) is 16.2. The highest BCUT2D eigenvalue weighted by molar-refractivity contribution is 5.89. The number of aryl methyl sites for hydroxylation is 1. The molecule has 0 radical (unpaired) electrons. The monoisotopic (exact) mass is 313 g/mol. The quantitative estimate of drug-likeness (QED) is 0.854. The number of carbonyl (C=O) groups excluding carboxylic acids is 1. The van der Waals surface area contributed by atoms with E-state index in [9.17, 15) is 9.18 Å². The third-order valence-corrected chi connectivity index (χ3v) is 4.22. The number of halogens is 1. The number of hydrogen-bond donors (Lipinski definition) is 1. The van der Waals surface area contributed by atoms with Crippen molar-refractivity contribution < 1.29 is 9.18 Å². The van der Waals surface area contributed by atoms with Crippen molar-refractivity contribution in [2.75, 3.05) is 18.4 Å². The highest BCUT2D eigenvalue weighted by atomic mass is 19.1. The third kappa shape index (κ3) is 3.67. The number of hydrogen-bond acceptors (Lipinski definition) is 2. The molecule has 0 bridgehead atoms. The normalized spacial score (nSPS) is 17.8. The molecule has 0 spiro atoms. The molecule has 120 valence electrons. The van der Waals surface area contributed by atoms with Crippen LogP contribution in [0.2, 0.25) is 0 Å². The van der Waals surface area contributed by atoms with Crippen molar-refractivity contribution in [2.24, 2.45) is 0 Å². The molecule has 1 saturated heterocycles. The van der Waals surface area contributed by atoms with Gasteiger partial charge in [0.25, 0.3) is 0 Å². The molecule has 4 nitrogen and oxygen atoms in total. The summed E-state index contributed by atoms with van der Waals surface area (Å²) in [5, 5.41) is 2.61. The van der Waals surface area contributed by atoms with Gasteiger partial charge in [0.1, 0.15) is 0 Å². The van der Waals surface area contributed by atoms with Crippen LogP contribution >= 0.6 is 0 Å². The standard InChI is InChI=1S/C18H20FN3O/c1-13-5-2-6-14(11-13)15-7-4-10-22(12-15)18(23)21-16-8-3-9-20-17(16)19/h2-3,5-6,8-9,11,15H,4,7,10,12H2,1H3,(H,21,23)/t15-/m1/s1. The molecule has 1 aliphatic rings. The zero-order valence-corrected chi connectivity index (χ0v) is 13.1. The maximum absolute atomic E-state index is 13.6. The van der Waals surface area contributed by atoms with Gasteiger partial charge in [-0.1, -0.05) is 29.8 Å². The Kier molecular flexibility index (Phi) is 4.55. The van der Waals surface area contributed by atoms with Crippen LogP contribution in [-0.2, 0) is 0 Å². The first-order valence-electron chi connectivity index (χ1n) is 7.86. The molecule has 1 fully saturated rings. The van der Waals surface area contributed by atoms with Gasteiger partial charge in [-0.3, -0.25) is 0 Å². The second-order valence-electron chi connectivity index (χ2n) is 5.97. The largest absolute Gasteiger partial charge is 0.324 e. The van der Waals surface area contributed by atoms with Crippen molar-refractivity contribution in [2.45, 2.75) is 25.7 Å². The lowest BCUT2D eigenvalue weighted by Gasteiger charge is -2.33. The number of benzene rings is 1. The zero-order valence-electron chi connectivity index (χ0n) is 13.1. The van der Waals surface area contributed by atoms with E-state index in [4.69, 9.17) is 0 Å². The van der Waals surface area contributed by atoms with Crippen LogP contribution in [0.1, 0.15) is 29.9 Å². The SMILES string of the molecule is Cc1cccc([C@@H]2CCCN(C(=O)Nc3cccnc3F)C2)c1. The van der Waals surface area contributed by atoms with Gasteiger partial charge < -0.3 is 10.2 Å². The van der Waals surface area contributed by atoms with E-state index < -0.39 is 5.95 Å². The summed E-state index contributed by atoms with van der Waals surface area (Å²) in [5.74, 6) is -0.332. The molecular formula is C18H20FN3O. The first kappa shape index (κ1) is 15.5. The van der Waals surface area contributed by atoms with Crippen molar-refractivity contribution in [1.29, 1.82) is 0 Å². The molecule has 2 aromatic rings. The number of rotatable bonds is 2. The molecule has 1 N–H and O–H groups in total. The van der Waals surface area contributed by atoms with E-state index in [-0.39, 0.29) is 11.7 Å². The van der Waals surface area contributed by atoms with Crippen LogP contribution in [0.15, 0.2) is 42.6 Å². The molecule has 0 unspecified atom stereocenters.